The van der Waals surface area contributed by atoms with E-state index in [2.05, 4.69) is 9.97 Å². The molecule has 0 saturated heterocycles. The summed E-state index contributed by atoms with van der Waals surface area (Å²) in [5.74, 6) is -0.335. The molecule has 4 aromatic heterocycles. The number of thiophene rings is 2. The Balaban J connectivity index is 1.97. The number of aromatic hydroxyl groups is 1. The van der Waals surface area contributed by atoms with Crippen LogP contribution in [0.25, 0.3) is 31.1 Å². The molecule has 4 heterocycles. The first kappa shape index (κ1) is 15.8. The third-order valence-electron chi connectivity index (χ3n) is 3.72. The molecule has 0 aliphatic heterocycles. The number of nitrogens with zero attached hydrogens (tertiary/aromatic N) is 2. The monoisotopic (exact) mass is 385 g/mol. The van der Waals surface area contributed by atoms with Gasteiger partial charge < -0.3 is 10.1 Å². The van der Waals surface area contributed by atoms with Gasteiger partial charge >= 0.3 is 0 Å². The van der Waals surface area contributed by atoms with Gasteiger partial charge in [0.05, 0.1) is 5.39 Å². The molecule has 122 valence electrons. The first-order chi connectivity index (χ1) is 12.1. The van der Waals surface area contributed by atoms with E-state index in [1.807, 2.05) is 24.3 Å². The number of H-pyrrole nitrogens is 1. The molecule has 8 heteroatoms. The Morgan fingerprint density at radius 1 is 1.16 bits per heavy atom. The molecule has 0 fully saturated rings. The summed E-state index contributed by atoms with van der Waals surface area (Å²) in [6.45, 7) is 0. The maximum atomic E-state index is 11.9. The number of rotatable bonds is 2. The van der Waals surface area contributed by atoms with E-state index in [9.17, 15) is 9.90 Å². The molecule has 4 aromatic rings. The van der Waals surface area contributed by atoms with Crippen molar-refractivity contribution in [3.8, 4) is 32.7 Å². The fourth-order valence-electron chi connectivity index (χ4n) is 2.58. The van der Waals surface area contributed by atoms with Gasteiger partial charge in [-0.15, -0.1) is 22.7 Å². The predicted octanol–water partition coefficient (Wildman–Crippen LogP) is 4.61. The molecule has 0 unspecified atom stereocenters. The van der Waals surface area contributed by atoms with Crippen LogP contribution in [0.5, 0.6) is 5.75 Å². The fraction of sp³-hybridized carbons (Fsp3) is 0. The lowest BCUT2D eigenvalue weighted by Gasteiger charge is -2.01. The van der Waals surface area contributed by atoms with Crippen LogP contribution in [0.15, 0.2) is 41.5 Å². The van der Waals surface area contributed by atoms with Crippen LogP contribution in [0.1, 0.15) is 5.56 Å². The quantitative estimate of drug-likeness (QED) is 0.527. The van der Waals surface area contributed by atoms with Gasteiger partial charge in [0, 0.05) is 27.7 Å². The zero-order valence-electron chi connectivity index (χ0n) is 12.4. The predicted molar refractivity (Wildman–Crippen MR) is 100 cm³/mol. The lowest BCUT2D eigenvalue weighted by atomic mass is 10.1. The Bertz CT molecular complexity index is 1200. The average Bonchev–Trinajstić information content (AvgIpc) is 3.20. The molecule has 25 heavy (non-hydrogen) atoms. The SMILES string of the molecule is N#Cc1c(O)c2c(-c3ccc(-c4ccncc4)s3)c(Cl)sc2[nH]c1=O. The average molecular weight is 386 g/mol. The Hall–Kier alpha value is -2.66. The molecule has 0 aromatic carbocycles. The topological polar surface area (TPSA) is 89.8 Å². The molecule has 4 rings (SSSR count). The number of aromatic nitrogens is 2. The molecule has 0 amide bonds. The highest BCUT2D eigenvalue weighted by molar-refractivity contribution is 7.24. The lowest BCUT2D eigenvalue weighted by molar-refractivity contribution is 0.479. The summed E-state index contributed by atoms with van der Waals surface area (Å²) < 4.78 is 0.444. The van der Waals surface area contributed by atoms with Crippen molar-refractivity contribution in [2.24, 2.45) is 0 Å². The number of hydrogen-bond acceptors (Lipinski definition) is 6. The maximum Gasteiger partial charge on any atom is 0.270 e. The van der Waals surface area contributed by atoms with E-state index in [4.69, 9.17) is 16.9 Å². The number of nitrogens with one attached hydrogen (secondary N) is 1. The van der Waals surface area contributed by atoms with Crippen molar-refractivity contribution in [1.29, 1.82) is 5.26 Å². The maximum absolute atomic E-state index is 11.9. The molecule has 0 atom stereocenters. The van der Waals surface area contributed by atoms with Crippen molar-refractivity contribution in [2.45, 2.75) is 0 Å². The summed E-state index contributed by atoms with van der Waals surface area (Å²) in [6.07, 6.45) is 3.44. The fourth-order valence-corrected chi connectivity index (χ4v) is 5.14. The summed E-state index contributed by atoms with van der Waals surface area (Å²) >= 11 is 9.05. The first-order valence-electron chi connectivity index (χ1n) is 7.08. The Morgan fingerprint density at radius 2 is 1.88 bits per heavy atom. The van der Waals surface area contributed by atoms with Gasteiger partial charge in [0.2, 0.25) is 0 Å². The van der Waals surface area contributed by atoms with E-state index >= 15 is 0 Å². The van der Waals surface area contributed by atoms with Crippen LogP contribution < -0.4 is 5.56 Å². The van der Waals surface area contributed by atoms with Crippen molar-refractivity contribution < 1.29 is 5.11 Å². The molecule has 0 saturated carbocycles. The van der Waals surface area contributed by atoms with Crippen LogP contribution in [0, 0.1) is 11.3 Å². The highest BCUT2D eigenvalue weighted by Gasteiger charge is 2.22. The molecular formula is C17H8ClN3O2S2. The van der Waals surface area contributed by atoms with E-state index < -0.39 is 5.56 Å². The molecule has 0 aliphatic carbocycles. The van der Waals surface area contributed by atoms with E-state index in [1.54, 1.807) is 18.5 Å². The highest BCUT2D eigenvalue weighted by Crippen LogP contribution is 2.48. The molecule has 0 radical (unpaired) electrons. The van der Waals surface area contributed by atoms with Gasteiger partial charge in [0.25, 0.3) is 5.56 Å². The van der Waals surface area contributed by atoms with Gasteiger partial charge in [-0.1, -0.05) is 11.6 Å². The van der Waals surface area contributed by atoms with Gasteiger partial charge in [0.15, 0.2) is 5.56 Å². The Kier molecular flexibility index (Phi) is 3.81. The molecule has 5 nitrogen and oxygen atoms in total. The Labute approximate surface area is 154 Å². The minimum Gasteiger partial charge on any atom is -0.506 e. The second-order valence-electron chi connectivity index (χ2n) is 5.14. The summed E-state index contributed by atoms with van der Waals surface area (Å²) in [5.41, 5.74) is 0.712. The van der Waals surface area contributed by atoms with Crippen molar-refractivity contribution in [3.05, 3.63) is 56.9 Å². The van der Waals surface area contributed by atoms with Crippen molar-refractivity contribution in [3.63, 3.8) is 0 Å². The lowest BCUT2D eigenvalue weighted by Crippen LogP contribution is -2.09. The van der Waals surface area contributed by atoms with Crippen molar-refractivity contribution in [1.82, 2.24) is 9.97 Å². The summed E-state index contributed by atoms with van der Waals surface area (Å²) in [6, 6.07) is 9.42. The molecule has 0 spiro atoms. The van der Waals surface area contributed by atoms with Crippen molar-refractivity contribution >= 4 is 44.5 Å². The van der Waals surface area contributed by atoms with Gasteiger partial charge in [-0.25, -0.2) is 0 Å². The normalized spacial score (nSPS) is 10.9. The van der Waals surface area contributed by atoms with Crippen LogP contribution in [-0.2, 0) is 0 Å². The molecule has 2 N–H and O–H groups in total. The van der Waals surface area contributed by atoms with Crippen LogP contribution in [-0.4, -0.2) is 15.1 Å². The Morgan fingerprint density at radius 3 is 2.60 bits per heavy atom. The summed E-state index contributed by atoms with van der Waals surface area (Å²) in [5, 5.41) is 19.9. The third-order valence-corrected chi connectivity index (χ3v) is 6.19. The molecule has 0 aliphatic rings. The summed E-state index contributed by atoms with van der Waals surface area (Å²) in [7, 11) is 0. The minimum absolute atomic E-state index is 0.311. The molecular weight excluding hydrogens is 378 g/mol. The number of halogens is 1. The zero-order chi connectivity index (χ0) is 17.6. The van der Waals surface area contributed by atoms with E-state index in [0.29, 0.717) is 20.1 Å². The van der Waals surface area contributed by atoms with Gasteiger partial charge in [-0.05, 0) is 29.8 Å². The largest absolute Gasteiger partial charge is 0.506 e. The first-order valence-corrected chi connectivity index (χ1v) is 9.09. The second-order valence-corrected chi connectivity index (χ2v) is 7.85. The smallest absolute Gasteiger partial charge is 0.270 e. The van der Waals surface area contributed by atoms with Crippen LogP contribution in [0.4, 0.5) is 0 Å². The second kappa shape index (κ2) is 6.01. The van der Waals surface area contributed by atoms with Crippen LogP contribution >= 0.6 is 34.3 Å². The van der Waals surface area contributed by atoms with E-state index in [1.165, 1.54) is 11.3 Å². The summed E-state index contributed by atoms with van der Waals surface area (Å²) in [4.78, 5) is 20.8. The van der Waals surface area contributed by atoms with E-state index in [0.717, 1.165) is 26.7 Å². The minimum atomic E-state index is -0.624. The van der Waals surface area contributed by atoms with Gasteiger partial charge in [0.1, 0.15) is 21.0 Å². The van der Waals surface area contributed by atoms with Gasteiger partial charge in [-0.3, -0.25) is 9.78 Å². The van der Waals surface area contributed by atoms with Crippen LogP contribution in [0.2, 0.25) is 4.34 Å². The third kappa shape index (κ3) is 2.51. The standard InChI is InChI=1S/C17H8ClN3O2S2/c18-15-12(11-2-1-10(24-11)8-3-5-20-6-4-8)13-14(22)9(7-19)16(23)21-17(13)25-15/h1-6H,(H2,21,22,23). The van der Waals surface area contributed by atoms with Crippen molar-refractivity contribution in [2.75, 3.05) is 0 Å². The van der Waals surface area contributed by atoms with Gasteiger partial charge in [-0.2, -0.15) is 5.26 Å². The molecule has 0 bridgehead atoms. The number of pyridine rings is 2. The number of aromatic amines is 1. The number of hydrogen-bond donors (Lipinski definition) is 2. The number of nitriles is 1. The highest BCUT2D eigenvalue weighted by atomic mass is 35.5. The van der Waals surface area contributed by atoms with Crippen LogP contribution in [0.3, 0.4) is 0 Å². The van der Waals surface area contributed by atoms with E-state index in [-0.39, 0.29) is 11.3 Å². The number of fused-ring (bicyclic) bond motifs is 1. The zero-order valence-corrected chi connectivity index (χ0v) is 14.8.